The lowest BCUT2D eigenvalue weighted by molar-refractivity contribution is 0.270. The second-order valence-corrected chi connectivity index (χ2v) is 3.97. The van der Waals surface area contributed by atoms with Gasteiger partial charge in [-0.05, 0) is 25.6 Å². The Balaban J connectivity index is 2.66. The topological polar surface area (TPSA) is 23.5 Å². The minimum atomic E-state index is -0.538. The highest BCUT2D eigenvalue weighted by Crippen LogP contribution is 2.22. The number of nitrogens with zero attached hydrogens (tertiary/aromatic N) is 1. The molecule has 2 nitrogen and oxygen atoms in total. The average molecular weight is 225 g/mol. The van der Waals surface area contributed by atoms with E-state index in [9.17, 15) is 9.50 Å². The fourth-order valence-corrected chi connectivity index (χ4v) is 1.66. The van der Waals surface area contributed by atoms with E-state index < -0.39 is 5.82 Å². The van der Waals surface area contributed by atoms with Crippen molar-refractivity contribution >= 4 is 0 Å². The van der Waals surface area contributed by atoms with Crippen molar-refractivity contribution in [2.75, 3.05) is 13.1 Å². The largest absolute Gasteiger partial charge is 0.505 e. The van der Waals surface area contributed by atoms with Crippen molar-refractivity contribution in [3.05, 3.63) is 29.6 Å². The normalized spacial score (nSPS) is 11.0. The van der Waals surface area contributed by atoms with E-state index in [1.807, 2.05) is 0 Å². The van der Waals surface area contributed by atoms with Crippen molar-refractivity contribution in [1.82, 2.24) is 4.90 Å². The molecule has 0 fully saturated rings. The molecule has 3 heteroatoms. The fraction of sp³-hybridized carbons (Fsp3) is 0.538. The first-order valence-electron chi connectivity index (χ1n) is 5.87. The van der Waals surface area contributed by atoms with Gasteiger partial charge in [0.1, 0.15) is 0 Å². The maximum absolute atomic E-state index is 13.1. The SMILES string of the molecule is CCCCN(CC)Cc1cccc(F)c1O. The summed E-state index contributed by atoms with van der Waals surface area (Å²) in [5.74, 6) is -0.749. The lowest BCUT2D eigenvalue weighted by Crippen LogP contribution is -2.24. The molecule has 0 radical (unpaired) electrons. The van der Waals surface area contributed by atoms with Crippen LogP contribution in [0, 0.1) is 5.82 Å². The van der Waals surface area contributed by atoms with Gasteiger partial charge in [0.05, 0.1) is 0 Å². The third-order valence-electron chi connectivity index (χ3n) is 2.74. The summed E-state index contributed by atoms with van der Waals surface area (Å²) in [7, 11) is 0. The zero-order valence-electron chi connectivity index (χ0n) is 10.0. The Morgan fingerprint density at radius 2 is 2.06 bits per heavy atom. The zero-order chi connectivity index (χ0) is 12.0. The summed E-state index contributed by atoms with van der Waals surface area (Å²) in [5, 5.41) is 9.57. The molecule has 0 saturated heterocycles. The molecule has 1 N–H and O–H groups in total. The van der Waals surface area contributed by atoms with Crippen LogP contribution in [0.1, 0.15) is 32.3 Å². The highest BCUT2D eigenvalue weighted by molar-refractivity contribution is 5.33. The second-order valence-electron chi connectivity index (χ2n) is 3.97. The number of benzene rings is 1. The van der Waals surface area contributed by atoms with Gasteiger partial charge in [-0.15, -0.1) is 0 Å². The second kappa shape index (κ2) is 6.48. The molecule has 0 aromatic heterocycles. The minimum Gasteiger partial charge on any atom is -0.505 e. The number of aromatic hydroxyl groups is 1. The quantitative estimate of drug-likeness (QED) is 0.804. The molecule has 1 aromatic rings. The Morgan fingerprint density at radius 3 is 2.69 bits per heavy atom. The molecular weight excluding hydrogens is 205 g/mol. The van der Waals surface area contributed by atoms with Crippen LogP contribution >= 0.6 is 0 Å². The van der Waals surface area contributed by atoms with Crippen LogP contribution in [0.25, 0.3) is 0 Å². The standard InChI is InChI=1S/C13H20FNO/c1-3-5-9-15(4-2)10-11-7-6-8-12(14)13(11)16/h6-8,16H,3-5,9-10H2,1-2H3. The van der Waals surface area contributed by atoms with Crippen LogP contribution in [-0.4, -0.2) is 23.1 Å². The summed E-state index contributed by atoms with van der Waals surface area (Å²) in [6.45, 7) is 6.73. The van der Waals surface area contributed by atoms with Gasteiger partial charge in [0, 0.05) is 12.1 Å². The Bertz CT molecular complexity index is 328. The summed E-state index contributed by atoms with van der Waals surface area (Å²) < 4.78 is 13.1. The lowest BCUT2D eigenvalue weighted by atomic mass is 10.1. The monoisotopic (exact) mass is 225 g/mol. The van der Waals surface area contributed by atoms with E-state index in [4.69, 9.17) is 0 Å². The zero-order valence-corrected chi connectivity index (χ0v) is 10.0. The summed E-state index contributed by atoms with van der Waals surface area (Å²) in [6.07, 6.45) is 2.27. The molecule has 0 atom stereocenters. The highest BCUT2D eigenvalue weighted by Gasteiger charge is 2.09. The molecular formula is C13H20FNO. The Morgan fingerprint density at radius 1 is 1.31 bits per heavy atom. The number of unbranched alkanes of at least 4 members (excludes halogenated alkanes) is 1. The van der Waals surface area contributed by atoms with Gasteiger partial charge in [-0.25, -0.2) is 4.39 Å². The van der Waals surface area contributed by atoms with E-state index in [0.29, 0.717) is 12.1 Å². The number of phenolic OH excluding ortho intramolecular Hbond substituents is 1. The third kappa shape index (κ3) is 3.49. The first-order chi connectivity index (χ1) is 7.69. The van der Waals surface area contributed by atoms with E-state index in [2.05, 4.69) is 18.7 Å². The molecule has 0 unspecified atom stereocenters. The van der Waals surface area contributed by atoms with Gasteiger partial charge < -0.3 is 5.11 Å². The molecule has 90 valence electrons. The van der Waals surface area contributed by atoms with Crippen LogP contribution in [-0.2, 0) is 6.54 Å². The van der Waals surface area contributed by atoms with E-state index >= 15 is 0 Å². The summed E-state index contributed by atoms with van der Waals surface area (Å²) >= 11 is 0. The molecule has 0 spiro atoms. The van der Waals surface area contributed by atoms with Gasteiger partial charge >= 0.3 is 0 Å². The number of rotatable bonds is 6. The van der Waals surface area contributed by atoms with E-state index in [1.165, 1.54) is 6.07 Å². The maximum Gasteiger partial charge on any atom is 0.165 e. The smallest absolute Gasteiger partial charge is 0.165 e. The predicted octanol–water partition coefficient (Wildman–Crippen LogP) is 3.15. The van der Waals surface area contributed by atoms with Gasteiger partial charge in [0.25, 0.3) is 0 Å². The van der Waals surface area contributed by atoms with Gasteiger partial charge in [-0.1, -0.05) is 32.4 Å². The molecule has 0 aliphatic carbocycles. The van der Waals surface area contributed by atoms with Crippen LogP contribution in [0.2, 0.25) is 0 Å². The van der Waals surface area contributed by atoms with Crippen molar-refractivity contribution in [3.63, 3.8) is 0 Å². The minimum absolute atomic E-state index is 0.211. The van der Waals surface area contributed by atoms with Crippen LogP contribution < -0.4 is 0 Å². The maximum atomic E-state index is 13.1. The summed E-state index contributed by atoms with van der Waals surface area (Å²) in [4.78, 5) is 2.21. The van der Waals surface area contributed by atoms with Crippen molar-refractivity contribution in [2.24, 2.45) is 0 Å². The number of hydrogen-bond acceptors (Lipinski definition) is 2. The number of hydrogen-bond donors (Lipinski definition) is 1. The van der Waals surface area contributed by atoms with E-state index in [-0.39, 0.29) is 5.75 Å². The summed E-state index contributed by atoms with van der Waals surface area (Å²) in [5.41, 5.74) is 0.665. The van der Waals surface area contributed by atoms with E-state index in [0.717, 1.165) is 25.9 Å². The summed E-state index contributed by atoms with van der Waals surface area (Å²) in [6, 6.07) is 4.69. The number of para-hydroxylation sites is 1. The molecule has 0 aliphatic rings. The molecule has 0 amide bonds. The first kappa shape index (κ1) is 13.0. The molecule has 1 aromatic carbocycles. The lowest BCUT2D eigenvalue weighted by Gasteiger charge is -2.20. The molecule has 16 heavy (non-hydrogen) atoms. The van der Waals surface area contributed by atoms with Gasteiger partial charge in [-0.2, -0.15) is 0 Å². The van der Waals surface area contributed by atoms with Crippen molar-refractivity contribution in [3.8, 4) is 5.75 Å². The average Bonchev–Trinajstić information content (AvgIpc) is 2.30. The van der Waals surface area contributed by atoms with Crippen LogP contribution in [0.4, 0.5) is 4.39 Å². The molecule has 0 bridgehead atoms. The van der Waals surface area contributed by atoms with Gasteiger partial charge in [0.15, 0.2) is 11.6 Å². The number of halogens is 1. The van der Waals surface area contributed by atoms with E-state index in [1.54, 1.807) is 12.1 Å². The van der Waals surface area contributed by atoms with Crippen LogP contribution in [0.3, 0.4) is 0 Å². The predicted molar refractivity (Wildman–Crippen MR) is 63.9 cm³/mol. The molecule has 0 aliphatic heterocycles. The van der Waals surface area contributed by atoms with Crippen LogP contribution in [0.5, 0.6) is 5.75 Å². The van der Waals surface area contributed by atoms with Crippen molar-refractivity contribution in [2.45, 2.75) is 33.2 Å². The first-order valence-corrected chi connectivity index (χ1v) is 5.87. The Hall–Kier alpha value is -1.09. The Kier molecular flexibility index (Phi) is 5.26. The van der Waals surface area contributed by atoms with Gasteiger partial charge in [-0.3, -0.25) is 4.90 Å². The number of phenols is 1. The van der Waals surface area contributed by atoms with Crippen LogP contribution in [0.15, 0.2) is 18.2 Å². The fourth-order valence-electron chi connectivity index (χ4n) is 1.66. The Labute approximate surface area is 96.7 Å². The molecule has 0 saturated carbocycles. The van der Waals surface area contributed by atoms with Crippen molar-refractivity contribution < 1.29 is 9.50 Å². The van der Waals surface area contributed by atoms with Gasteiger partial charge in [0.2, 0.25) is 0 Å². The highest BCUT2D eigenvalue weighted by atomic mass is 19.1. The molecule has 0 heterocycles. The van der Waals surface area contributed by atoms with Crippen molar-refractivity contribution in [1.29, 1.82) is 0 Å². The third-order valence-corrected chi connectivity index (χ3v) is 2.74. The molecule has 1 rings (SSSR count).